The molecule has 426 valence electrons. The van der Waals surface area contributed by atoms with Gasteiger partial charge in [0.15, 0.2) is 6.39 Å². The van der Waals surface area contributed by atoms with Gasteiger partial charge in [0.05, 0.1) is 85.4 Å². The first kappa shape index (κ1) is 54.7. The van der Waals surface area contributed by atoms with E-state index in [0.29, 0.717) is 81.2 Å². The third-order valence-corrected chi connectivity index (χ3v) is 18.7. The zero-order valence-electron chi connectivity index (χ0n) is 46.6. The third-order valence-electron chi connectivity index (χ3n) is 17.7. The Kier molecular flexibility index (Phi) is 15.9. The number of morpholine rings is 1. The number of piperazine rings is 1. The minimum atomic E-state index is -1.23. The van der Waals surface area contributed by atoms with Gasteiger partial charge in [-0.05, 0) is 81.5 Å². The molecule has 0 radical (unpaired) electrons. The number of hydrogen-bond donors (Lipinski definition) is 2. The van der Waals surface area contributed by atoms with Crippen LogP contribution in [0.4, 0.5) is 5.69 Å². The number of nitriles is 1. The summed E-state index contributed by atoms with van der Waals surface area (Å²) in [5, 5.41) is 18.9. The highest BCUT2D eigenvalue weighted by Crippen LogP contribution is 2.53. The van der Waals surface area contributed by atoms with Gasteiger partial charge >= 0.3 is 5.97 Å². The summed E-state index contributed by atoms with van der Waals surface area (Å²) in [5.41, 5.74) is 10.8. The second-order valence-electron chi connectivity index (χ2n) is 23.7. The summed E-state index contributed by atoms with van der Waals surface area (Å²) in [4.78, 5) is 66.7. The smallest absolute Gasteiger partial charge is 0.324 e. The zero-order chi connectivity index (χ0) is 55.2. The molecule has 5 aliphatic heterocycles. The van der Waals surface area contributed by atoms with Crippen LogP contribution in [0.3, 0.4) is 0 Å². The highest BCUT2D eigenvalue weighted by atomic mass is 32.1. The number of thiazole rings is 1. The van der Waals surface area contributed by atoms with Crippen LogP contribution in [0, 0.1) is 28.6 Å². The Balaban J connectivity index is 1.01. The summed E-state index contributed by atoms with van der Waals surface area (Å²) < 4.78 is 38.4. The van der Waals surface area contributed by atoms with Crippen molar-refractivity contribution in [1.82, 2.24) is 45.1 Å². The lowest BCUT2D eigenvalue weighted by atomic mass is 9.84. The van der Waals surface area contributed by atoms with E-state index in [4.69, 9.17) is 38.1 Å². The number of pyridine rings is 1. The average molecular weight is 1110 g/mol. The quantitative estimate of drug-likeness (QED) is 0.122. The first-order valence-corrected chi connectivity index (χ1v) is 29.7. The summed E-state index contributed by atoms with van der Waals surface area (Å²) in [5.74, 6) is -1.98. The lowest BCUT2D eigenvalue weighted by Crippen LogP contribution is -2.63. The summed E-state index contributed by atoms with van der Waals surface area (Å²) in [6.07, 6.45) is 10.4. The molecule has 80 heavy (non-hydrogen) atoms. The predicted molar refractivity (Wildman–Crippen MR) is 298 cm³/mol. The van der Waals surface area contributed by atoms with Crippen molar-refractivity contribution in [3.63, 3.8) is 0 Å². The van der Waals surface area contributed by atoms with Crippen LogP contribution in [0.1, 0.15) is 106 Å². The zero-order valence-corrected chi connectivity index (χ0v) is 47.5. The van der Waals surface area contributed by atoms with Gasteiger partial charge in [-0.2, -0.15) is 5.26 Å². The van der Waals surface area contributed by atoms with Crippen molar-refractivity contribution >= 4 is 45.7 Å². The van der Waals surface area contributed by atoms with Crippen LogP contribution in [0.2, 0.25) is 0 Å². The molecule has 2 unspecified atom stereocenters. The highest BCUT2D eigenvalue weighted by molar-refractivity contribution is 7.10. The Hall–Kier alpha value is -5.83. The monoisotopic (exact) mass is 1110 g/mol. The van der Waals surface area contributed by atoms with Gasteiger partial charge in [-0.1, -0.05) is 26.8 Å². The maximum atomic E-state index is 15.5. The van der Waals surface area contributed by atoms with Gasteiger partial charge in [0.2, 0.25) is 5.91 Å². The maximum absolute atomic E-state index is 15.5. The molecule has 5 aromatic rings. The summed E-state index contributed by atoms with van der Waals surface area (Å²) >= 11 is 1.39. The number of hydrazine groups is 1. The SMILES string of the molecule is CO[C@@H](C)c1ncc(N2CCN(C3CC3)CC2)cc1-c1c2c3cc(ccc3n1CCOC1CCOCC1)-c1csc(n1)C(N1CCOCC1C#N)[C@H](NC(=O)[C@@H]1[C@@H](C)[C@H]1c1cocn1)C(=O)N1CCC[C@H](N1)C(=O)OCC(C)(C)C2. The van der Waals surface area contributed by atoms with Crippen LogP contribution < -0.4 is 15.6 Å². The Morgan fingerprint density at radius 1 is 1.02 bits per heavy atom. The number of nitrogens with zero attached hydrogens (tertiary/aromatic N) is 9. The number of benzene rings is 1. The fourth-order valence-corrected chi connectivity index (χ4v) is 14.0. The lowest BCUT2D eigenvalue weighted by molar-refractivity contribution is -0.156. The lowest BCUT2D eigenvalue weighted by Gasteiger charge is -2.42. The van der Waals surface area contributed by atoms with Gasteiger partial charge in [-0.15, -0.1) is 11.3 Å². The molecule has 9 heterocycles. The Morgan fingerprint density at radius 3 is 2.61 bits per heavy atom. The van der Waals surface area contributed by atoms with Crippen molar-refractivity contribution in [2.75, 3.05) is 90.9 Å². The van der Waals surface area contributed by atoms with Gasteiger partial charge in [0.25, 0.3) is 5.91 Å². The van der Waals surface area contributed by atoms with E-state index in [2.05, 4.69) is 74.3 Å². The van der Waals surface area contributed by atoms with Crippen LogP contribution in [0.15, 0.2) is 52.9 Å². The largest absolute Gasteiger partial charge is 0.464 e. The van der Waals surface area contributed by atoms with E-state index in [1.54, 1.807) is 13.4 Å². The normalized spacial score (nSPS) is 27.6. The standard InChI is InChI=1S/C59H75N11O9S/c1-35-49(46-31-77-34-62-46)50(35)55(71)64-52-54(68-19-23-76-30-40(68)28-60)56-63-47(32-80-56)37-8-11-48-42(25-37)44(27-59(3,4)33-79-58(73)45-7-6-14-70(65-45)57(52)72)53(69(48)20-24-78-41-12-21-75-22-13-41)43-26-39(29-61-51(43)36(2)74-5)67-17-15-66(16-18-67)38-9-10-38/h8,11,25-26,29,31-32,34-36,38,40-41,45,49-50,52,54,65H,6-7,9-10,12-24,27,30,33H2,1-5H3,(H,64,71)/t35-,36-,40?,45-,49-,50+,52-,54?/m0/s1. The maximum Gasteiger partial charge on any atom is 0.324 e. The molecule has 7 aliphatic rings. The van der Waals surface area contributed by atoms with E-state index >= 15 is 4.79 Å². The van der Waals surface area contributed by atoms with Gasteiger partial charge in [-0.25, -0.2) is 15.4 Å². The Morgan fingerprint density at radius 2 is 1.85 bits per heavy atom. The fourth-order valence-electron chi connectivity index (χ4n) is 13.0. The first-order valence-electron chi connectivity index (χ1n) is 28.9. The molecule has 2 aliphatic carbocycles. The van der Waals surface area contributed by atoms with Crippen LogP contribution >= 0.6 is 11.3 Å². The molecular weight excluding hydrogens is 1040 g/mol. The van der Waals surface area contributed by atoms with E-state index in [1.807, 2.05) is 30.3 Å². The predicted octanol–water partition coefficient (Wildman–Crippen LogP) is 6.42. The third kappa shape index (κ3) is 11.1. The molecule has 4 aromatic heterocycles. The van der Waals surface area contributed by atoms with Crippen molar-refractivity contribution in [1.29, 1.82) is 5.26 Å². The highest BCUT2D eigenvalue weighted by Gasteiger charge is 2.55. The molecule has 2 N–H and O–H groups in total. The Bertz CT molecular complexity index is 3090. The fraction of sp³-hybridized carbons (Fsp3) is 0.610. The number of rotatable bonds is 13. The van der Waals surface area contributed by atoms with Gasteiger partial charge in [-0.3, -0.25) is 34.2 Å². The molecule has 20 nitrogen and oxygen atoms in total. The molecule has 4 saturated heterocycles. The van der Waals surface area contributed by atoms with Crippen molar-refractivity contribution in [2.45, 2.75) is 128 Å². The van der Waals surface area contributed by atoms with Crippen molar-refractivity contribution < 1.29 is 42.5 Å². The first-order chi connectivity index (χ1) is 38.9. The minimum Gasteiger partial charge on any atom is -0.464 e. The van der Waals surface area contributed by atoms with E-state index in [1.165, 1.54) is 35.6 Å². The average Bonchev–Trinajstić information content (AvgIpc) is 4.45. The number of carbonyl (C=O) groups is 3. The number of aromatic nitrogens is 4. The number of carbonyl (C=O) groups excluding carboxylic acids is 3. The van der Waals surface area contributed by atoms with E-state index in [9.17, 15) is 14.9 Å². The number of esters is 1. The molecule has 2 saturated carbocycles. The van der Waals surface area contributed by atoms with E-state index in [0.717, 1.165) is 83.7 Å². The number of cyclic esters (lactones) is 1. The molecule has 12 rings (SSSR count). The number of methoxy groups -OCH3 is 1. The molecule has 21 heteroatoms. The number of anilines is 1. The second kappa shape index (κ2) is 23.2. The number of fused-ring (bicyclic) bond motifs is 6. The van der Waals surface area contributed by atoms with Gasteiger partial charge < -0.3 is 42.9 Å². The molecule has 2 amide bonds. The van der Waals surface area contributed by atoms with Crippen LogP contribution in [0.25, 0.3) is 33.4 Å². The van der Waals surface area contributed by atoms with Crippen molar-refractivity contribution in [2.24, 2.45) is 17.3 Å². The molecule has 6 fully saturated rings. The summed E-state index contributed by atoms with van der Waals surface area (Å²) in [7, 11) is 1.73. The molecule has 1 aromatic carbocycles. The number of oxazole rings is 1. The van der Waals surface area contributed by atoms with Crippen LogP contribution in [-0.4, -0.2) is 168 Å². The van der Waals surface area contributed by atoms with E-state index in [-0.39, 0.29) is 49.7 Å². The van der Waals surface area contributed by atoms with Crippen molar-refractivity contribution in [3.05, 3.63) is 70.5 Å². The second-order valence-corrected chi connectivity index (χ2v) is 24.6. The molecular formula is C59H75N11O9S. The van der Waals surface area contributed by atoms with Crippen LogP contribution in [-0.2, 0) is 51.0 Å². The van der Waals surface area contributed by atoms with Gasteiger partial charge in [0.1, 0.15) is 29.4 Å². The number of nitrogens with one attached hydrogen (secondary N) is 2. The van der Waals surface area contributed by atoms with Gasteiger partial charge in [0, 0.05) is 117 Å². The molecule has 0 spiro atoms. The number of ether oxygens (including phenoxy) is 5. The summed E-state index contributed by atoms with van der Waals surface area (Å²) in [6, 6.07) is 8.21. The topological polar surface area (TPSA) is 215 Å². The van der Waals surface area contributed by atoms with Crippen molar-refractivity contribution in [3.8, 4) is 28.6 Å². The number of amides is 2. The minimum absolute atomic E-state index is 0.0660. The Labute approximate surface area is 471 Å². The summed E-state index contributed by atoms with van der Waals surface area (Å²) in [6.45, 7) is 15.6. The van der Waals surface area contributed by atoms with E-state index < -0.39 is 47.4 Å². The molecule has 6 bridgehead atoms. The molecule has 8 atom stereocenters. The van der Waals surface area contributed by atoms with Crippen LogP contribution in [0.5, 0.6) is 0 Å². The number of hydrogen-bond acceptors (Lipinski definition) is 18.